The third-order valence-electron chi connectivity index (χ3n) is 2.75. The fourth-order valence-electron chi connectivity index (χ4n) is 1.83. The third-order valence-corrected chi connectivity index (χ3v) is 4.52. The Morgan fingerprint density at radius 1 is 1.31 bits per heavy atom. The van der Waals surface area contributed by atoms with Crippen LogP contribution in [0.2, 0.25) is 0 Å². The standard InChI is InChI=1S/C10H10O5S/c11-9(12)10(13)5-6-16(14,15)8-4-2-1-3-7(8)10/h1-4,13H,5-6H2,(H,11,12). The number of carboxylic acids is 1. The van der Waals surface area contributed by atoms with Crippen molar-refractivity contribution in [3.8, 4) is 0 Å². The van der Waals surface area contributed by atoms with Crippen LogP contribution in [0.15, 0.2) is 29.2 Å². The molecule has 0 amide bonds. The number of aliphatic carboxylic acids is 1. The molecule has 0 aromatic heterocycles. The molecule has 0 fully saturated rings. The van der Waals surface area contributed by atoms with Gasteiger partial charge in [-0.2, -0.15) is 0 Å². The molecule has 1 aliphatic rings. The van der Waals surface area contributed by atoms with Crippen molar-refractivity contribution in [2.75, 3.05) is 5.75 Å². The number of hydrogen-bond acceptors (Lipinski definition) is 4. The summed E-state index contributed by atoms with van der Waals surface area (Å²) in [6.07, 6.45) is -0.318. The van der Waals surface area contributed by atoms with Gasteiger partial charge in [-0.3, -0.25) is 0 Å². The van der Waals surface area contributed by atoms with Gasteiger partial charge in [-0.15, -0.1) is 0 Å². The minimum atomic E-state index is -3.47. The Balaban J connectivity index is 2.74. The first-order chi connectivity index (χ1) is 7.38. The smallest absolute Gasteiger partial charge is 0.340 e. The SMILES string of the molecule is O=C(O)C1(O)CCS(=O)(=O)c2ccccc21. The first-order valence-corrected chi connectivity index (χ1v) is 6.31. The van der Waals surface area contributed by atoms with Crippen LogP contribution in [-0.2, 0) is 20.2 Å². The quantitative estimate of drug-likeness (QED) is 0.730. The number of hydrogen-bond donors (Lipinski definition) is 2. The largest absolute Gasteiger partial charge is 0.479 e. The van der Waals surface area contributed by atoms with Gasteiger partial charge in [0.15, 0.2) is 15.4 Å². The molecule has 1 aromatic rings. The topological polar surface area (TPSA) is 91.7 Å². The highest BCUT2D eigenvalue weighted by atomic mass is 32.2. The first kappa shape index (κ1) is 11.1. The maximum atomic E-state index is 11.7. The van der Waals surface area contributed by atoms with Crippen molar-refractivity contribution in [2.24, 2.45) is 0 Å². The maximum absolute atomic E-state index is 11.7. The number of carboxylic acid groups (broad SMARTS) is 1. The van der Waals surface area contributed by atoms with Crippen LogP contribution in [0.4, 0.5) is 0 Å². The van der Waals surface area contributed by atoms with Gasteiger partial charge in [0.1, 0.15) is 0 Å². The number of sulfone groups is 1. The van der Waals surface area contributed by atoms with E-state index in [1.807, 2.05) is 0 Å². The van der Waals surface area contributed by atoms with Crippen molar-refractivity contribution >= 4 is 15.8 Å². The first-order valence-electron chi connectivity index (χ1n) is 4.66. The molecule has 2 rings (SSSR count). The average Bonchev–Trinajstić information content (AvgIpc) is 2.24. The summed E-state index contributed by atoms with van der Waals surface area (Å²) >= 11 is 0. The van der Waals surface area contributed by atoms with Gasteiger partial charge in [0.05, 0.1) is 10.6 Å². The molecule has 1 heterocycles. The zero-order valence-electron chi connectivity index (χ0n) is 8.25. The lowest BCUT2D eigenvalue weighted by atomic mass is 9.91. The van der Waals surface area contributed by atoms with Crippen LogP contribution in [0.3, 0.4) is 0 Å². The molecule has 0 aliphatic carbocycles. The maximum Gasteiger partial charge on any atom is 0.340 e. The van der Waals surface area contributed by atoms with E-state index in [1.165, 1.54) is 24.3 Å². The van der Waals surface area contributed by atoms with Crippen LogP contribution in [0.1, 0.15) is 12.0 Å². The second-order valence-electron chi connectivity index (χ2n) is 3.73. The van der Waals surface area contributed by atoms with E-state index < -0.39 is 21.4 Å². The van der Waals surface area contributed by atoms with Crippen molar-refractivity contribution in [1.82, 2.24) is 0 Å². The van der Waals surface area contributed by atoms with Gasteiger partial charge >= 0.3 is 5.97 Å². The van der Waals surface area contributed by atoms with Crippen molar-refractivity contribution in [3.63, 3.8) is 0 Å². The zero-order chi connectivity index (χ0) is 12.0. The van der Waals surface area contributed by atoms with E-state index in [1.54, 1.807) is 0 Å². The van der Waals surface area contributed by atoms with Crippen LogP contribution in [0.5, 0.6) is 0 Å². The van der Waals surface area contributed by atoms with E-state index >= 15 is 0 Å². The second kappa shape index (κ2) is 3.29. The van der Waals surface area contributed by atoms with E-state index in [0.29, 0.717) is 0 Å². The van der Waals surface area contributed by atoms with Gasteiger partial charge in [0.2, 0.25) is 0 Å². The highest BCUT2D eigenvalue weighted by molar-refractivity contribution is 7.91. The number of rotatable bonds is 1. The molecule has 2 N–H and O–H groups in total. The summed E-state index contributed by atoms with van der Waals surface area (Å²) in [6.45, 7) is 0. The highest BCUT2D eigenvalue weighted by Gasteiger charge is 2.46. The number of carbonyl (C=O) groups is 1. The molecule has 6 heteroatoms. The normalized spacial score (nSPS) is 27.1. The number of benzene rings is 1. The fourth-order valence-corrected chi connectivity index (χ4v) is 3.47. The van der Waals surface area contributed by atoms with Gasteiger partial charge in [0, 0.05) is 12.0 Å². The molecule has 1 atom stereocenters. The number of fused-ring (bicyclic) bond motifs is 1. The lowest BCUT2D eigenvalue weighted by Crippen LogP contribution is -2.42. The summed E-state index contributed by atoms with van der Waals surface area (Å²) in [7, 11) is -3.47. The molecule has 0 radical (unpaired) electrons. The molecule has 0 bridgehead atoms. The molecule has 1 unspecified atom stereocenters. The van der Waals surface area contributed by atoms with Gasteiger partial charge in [-0.05, 0) is 6.07 Å². The number of aliphatic hydroxyl groups is 1. The molecule has 0 saturated carbocycles. The molecule has 0 spiro atoms. The Hall–Kier alpha value is -1.40. The predicted octanol–water partition coefficient (Wildman–Crippen LogP) is 0.136. The third kappa shape index (κ3) is 1.42. The van der Waals surface area contributed by atoms with Crippen LogP contribution in [0.25, 0.3) is 0 Å². The Morgan fingerprint density at radius 3 is 2.56 bits per heavy atom. The molecule has 16 heavy (non-hydrogen) atoms. The fraction of sp³-hybridized carbons (Fsp3) is 0.300. The van der Waals surface area contributed by atoms with Crippen LogP contribution in [-0.4, -0.2) is 30.4 Å². The Labute approximate surface area is 92.3 Å². The Morgan fingerprint density at radius 2 is 1.94 bits per heavy atom. The van der Waals surface area contributed by atoms with E-state index in [4.69, 9.17) is 5.11 Å². The summed E-state index contributed by atoms with van der Waals surface area (Å²) in [5.41, 5.74) is -2.14. The lowest BCUT2D eigenvalue weighted by molar-refractivity contribution is -0.160. The van der Waals surface area contributed by atoms with Gasteiger partial charge < -0.3 is 10.2 Å². The van der Waals surface area contributed by atoms with Crippen molar-refractivity contribution < 1.29 is 23.4 Å². The summed E-state index contributed by atoms with van der Waals surface area (Å²) in [5, 5.41) is 18.9. The summed E-state index contributed by atoms with van der Waals surface area (Å²) < 4.78 is 23.4. The van der Waals surface area contributed by atoms with E-state index in [0.717, 1.165) is 0 Å². The zero-order valence-corrected chi connectivity index (χ0v) is 9.07. The van der Waals surface area contributed by atoms with E-state index in [2.05, 4.69) is 0 Å². The van der Waals surface area contributed by atoms with Crippen molar-refractivity contribution in [3.05, 3.63) is 29.8 Å². The Kier molecular flexibility index (Phi) is 2.28. The summed E-state index contributed by atoms with van der Waals surface area (Å²) in [5.74, 6) is -1.78. The van der Waals surface area contributed by atoms with Crippen LogP contribution >= 0.6 is 0 Å². The lowest BCUT2D eigenvalue weighted by Gasteiger charge is -2.30. The predicted molar refractivity (Wildman–Crippen MR) is 54.6 cm³/mol. The monoisotopic (exact) mass is 242 g/mol. The van der Waals surface area contributed by atoms with Gasteiger partial charge in [0.25, 0.3) is 0 Å². The van der Waals surface area contributed by atoms with Gasteiger partial charge in [-0.1, -0.05) is 18.2 Å². The average molecular weight is 242 g/mol. The molecule has 86 valence electrons. The van der Waals surface area contributed by atoms with Crippen molar-refractivity contribution in [1.29, 1.82) is 0 Å². The minimum absolute atomic E-state index is 0.0475. The Bertz CT molecular complexity index is 548. The molecule has 0 saturated heterocycles. The van der Waals surface area contributed by atoms with Crippen LogP contribution in [0, 0.1) is 0 Å². The molecular weight excluding hydrogens is 232 g/mol. The van der Waals surface area contributed by atoms with Gasteiger partial charge in [-0.25, -0.2) is 13.2 Å². The molecule has 1 aliphatic heterocycles. The van der Waals surface area contributed by atoms with Crippen molar-refractivity contribution in [2.45, 2.75) is 16.9 Å². The molecular formula is C10H10O5S. The second-order valence-corrected chi connectivity index (χ2v) is 5.81. The molecule has 5 nitrogen and oxygen atoms in total. The van der Waals surface area contributed by atoms with E-state index in [9.17, 15) is 18.3 Å². The van der Waals surface area contributed by atoms with E-state index in [-0.39, 0.29) is 22.6 Å². The summed E-state index contributed by atoms with van der Waals surface area (Å²) in [4.78, 5) is 10.9. The summed E-state index contributed by atoms with van der Waals surface area (Å²) in [6, 6.07) is 5.66. The highest BCUT2D eigenvalue weighted by Crippen LogP contribution is 2.36. The molecule has 1 aromatic carbocycles. The van der Waals surface area contributed by atoms with Crippen LogP contribution < -0.4 is 0 Å². The minimum Gasteiger partial charge on any atom is -0.479 e.